The highest BCUT2D eigenvalue weighted by atomic mass is 19.4. The van der Waals surface area contributed by atoms with Crippen molar-refractivity contribution >= 4 is 11.0 Å². The topological polar surface area (TPSA) is 41.6 Å². The first-order valence-electron chi connectivity index (χ1n) is 6.61. The van der Waals surface area contributed by atoms with Crippen LogP contribution in [0.25, 0.3) is 22.4 Å². The van der Waals surface area contributed by atoms with Gasteiger partial charge in [0.05, 0.1) is 17.5 Å². The van der Waals surface area contributed by atoms with Crippen molar-refractivity contribution in [2.24, 2.45) is 0 Å². The van der Waals surface area contributed by atoms with Gasteiger partial charge in [0.2, 0.25) is 0 Å². The van der Waals surface area contributed by atoms with Crippen molar-refractivity contribution in [1.82, 2.24) is 15.0 Å². The fourth-order valence-electron chi connectivity index (χ4n) is 2.09. The van der Waals surface area contributed by atoms with Crippen molar-refractivity contribution in [2.75, 3.05) is 0 Å². The largest absolute Gasteiger partial charge is 0.453 e. The van der Waals surface area contributed by atoms with E-state index in [9.17, 15) is 22.0 Å². The Labute approximate surface area is 127 Å². The summed E-state index contributed by atoms with van der Waals surface area (Å²) < 4.78 is 62.6. The number of fused-ring (bicyclic) bond motifs is 1. The molecule has 0 unspecified atom stereocenters. The molecule has 0 atom stereocenters. The zero-order valence-electron chi connectivity index (χ0n) is 11.5. The second-order valence-electron chi connectivity index (χ2n) is 5.02. The van der Waals surface area contributed by atoms with Gasteiger partial charge in [-0.25, -0.2) is 4.98 Å². The van der Waals surface area contributed by atoms with E-state index in [1.807, 2.05) is 18.2 Å². The number of alkyl halides is 5. The van der Waals surface area contributed by atoms with E-state index in [-0.39, 0.29) is 5.69 Å². The lowest BCUT2D eigenvalue weighted by Gasteiger charge is -2.18. The van der Waals surface area contributed by atoms with Crippen molar-refractivity contribution < 1.29 is 22.0 Å². The van der Waals surface area contributed by atoms with E-state index in [1.54, 1.807) is 6.07 Å². The zero-order valence-corrected chi connectivity index (χ0v) is 11.5. The smallest absolute Gasteiger partial charge is 0.338 e. The molecule has 2 aromatic heterocycles. The van der Waals surface area contributed by atoms with Gasteiger partial charge in [-0.1, -0.05) is 12.1 Å². The number of imidazole rings is 1. The minimum absolute atomic E-state index is 0.341. The fraction of sp³-hybridized carbons (Fsp3) is 0.200. The molecule has 2 heterocycles. The summed E-state index contributed by atoms with van der Waals surface area (Å²) in [7, 11) is 0. The van der Waals surface area contributed by atoms with E-state index in [1.165, 1.54) is 12.3 Å². The molecule has 0 amide bonds. The maximum Gasteiger partial charge on any atom is 0.453 e. The normalized spacial score (nSPS) is 12.7. The number of pyridine rings is 1. The molecule has 23 heavy (non-hydrogen) atoms. The van der Waals surface area contributed by atoms with Gasteiger partial charge >= 0.3 is 12.1 Å². The number of H-pyrrole nitrogens is 1. The Morgan fingerprint density at radius 2 is 1.70 bits per heavy atom. The molecule has 0 saturated heterocycles. The van der Waals surface area contributed by atoms with Gasteiger partial charge in [0.25, 0.3) is 0 Å². The Morgan fingerprint density at radius 1 is 0.957 bits per heavy atom. The van der Waals surface area contributed by atoms with Gasteiger partial charge in [-0.05, 0) is 24.3 Å². The predicted octanol–water partition coefficient (Wildman–Crippen LogP) is 4.37. The third kappa shape index (κ3) is 3.01. The summed E-state index contributed by atoms with van der Waals surface area (Å²) in [6.45, 7) is 0. The molecular weight excluding hydrogens is 317 g/mol. The van der Waals surface area contributed by atoms with E-state index >= 15 is 0 Å². The number of benzene rings is 1. The number of halogens is 5. The first kappa shape index (κ1) is 15.4. The second-order valence-corrected chi connectivity index (χ2v) is 5.02. The van der Waals surface area contributed by atoms with Crippen LogP contribution in [0.1, 0.15) is 5.69 Å². The molecule has 3 nitrogen and oxygen atoms in total. The minimum Gasteiger partial charge on any atom is -0.338 e. The molecule has 120 valence electrons. The highest BCUT2D eigenvalue weighted by molar-refractivity contribution is 5.79. The lowest BCUT2D eigenvalue weighted by atomic mass is 10.1. The number of aromatic amines is 1. The van der Waals surface area contributed by atoms with Crippen LogP contribution in [0.3, 0.4) is 0 Å². The SMILES string of the molecule is FC(F)(F)C(F)(F)Cc1ccc(-c2nc3ccccc3[nH]2)cn1. The van der Waals surface area contributed by atoms with Crippen LogP contribution in [-0.4, -0.2) is 27.1 Å². The van der Waals surface area contributed by atoms with Crippen LogP contribution in [-0.2, 0) is 6.42 Å². The van der Waals surface area contributed by atoms with Crippen molar-refractivity contribution in [3.05, 3.63) is 48.3 Å². The lowest BCUT2D eigenvalue weighted by molar-refractivity contribution is -0.281. The van der Waals surface area contributed by atoms with E-state index < -0.39 is 18.5 Å². The van der Waals surface area contributed by atoms with Crippen LogP contribution < -0.4 is 0 Å². The molecular formula is C15H10F5N3. The van der Waals surface area contributed by atoms with Gasteiger partial charge < -0.3 is 4.98 Å². The van der Waals surface area contributed by atoms with Crippen LogP contribution in [0.5, 0.6) is 0 Å². The van der Waals surface area contributed by atoms with Crippen LogP contribution in [0, 0.1) is 0 Å². The van der Waals surface area contributed by atoms with Crippen molar-refractivity contribution in [3.63, 3.8) is 0 Å². The molecule has 1 aromatic carbocycles. The number of aromatic nitrogens is 3. The summed E-state index contributed by atoms with van der Waals surface area (Å²) >= 11 is 0. The molecule has 0 aliphatic carbocycles. The highest BCUT2D eigenvalue weighted by Crippen LogP contribution is 2.37. The molecule has 3 rings (SSSR count). The molecule has 0 saturated carbocycles. The van der Waals surface area contributed by atoms with E-state index in [2.05, 4.69) is 15.0 Å². The van der Waals surface area contributed by atoms with Gasteiger partial charge in [0, 0.05) is 17.5 Å². The Kier molecular flexibility index (Phi) is 3.54. The Balaban J connectivity index is 1.85. The van der Waals surface area contributed by atoms with Crippen LogP contribution in [0.15, 0.2) is 42.6 Å². The standard InChI is InChI=1S/C15H10F5N3/c16-14(17,15(18,19)20)7-10-6-5-9(8-21-10)13-22-11-3-1-2-4-12(11)23-13/h1-6,8H,7H2,(H,22,23). The number of rotatable bonds is 3. The molecule has 0 aliphatic rings. The summed E-state index contributed by atoms with van der Waals surface area (Å²) in [5.41, 5.74) is 1.66. The average Bonchev–Trinajstić information content (AvgIpc) is 2.90. The number of hydrogen-bond acceptors (Lipinski definition) is 2. The summed E-state index contributed by atoms with van der Waals surface area (Å²) in [5.74, 6) is -4.34. The molecule has 8 heteroatoms. The summed E-state index contributed by atoms with van der Waals surface area (Å²) in [4.78, 5) is 11.0. The van der Waals surface area contributed by atoms with Gasteiger partial charge in [-0.3, -0.25) is 4.98 Å². The molecule has 0 radical (unpaired) electrons. The molecule has 0 aliphatic heterocycles. The third-order valence-electron chi connectivity index (χ3n) is 3.31. The van der Waals surface area contributed by atoms with Crippen molar-refractivity contribution in [3.8, 4) is 11.4 Å². The number of hydrogen-bond donors (Lipinski definition) is 1. The van der Waals surface area contributed by atoms with Crippen LogP contribution in [0.2, 0.25) is 0 Å². The maximum atomic E-state index is 13.0. The van der Waals surface area contributed by atoms with Gasteiger partial charge in [-0.2, -0.15) is 22.0 Å². The first-order chi connectivity index (χ1) is 10.8. The van der Waals surface area contributed by atoms with E-state index in [4.69, 9.17) is 0 Å². The highest BCUT2D eigenvalue weighted by Gasteiger charge is 2.57. The van der Waals surface area contributed by atoms with Gasteiger partial charge in [0.1, 0.15) is 5.82 Å². The number of nitrogens with zero attached hydrogens (tertiary/aromatic N) is 2. The molecule has 1 N–H and O–H groups in total. The quantitative estimate of drug-likeness (QED) is 0.726. The molecule has 0 fully saturated rings. The van der Waals surface area contributed by atoms with Gasteiger partial charge in [0.15, 0.2) is 0 Å². The molecule has 3 aromatic rings. The van der Waals surface area contributed by atoms with Crippen LogP contribution >= 0.6 is 0 Å². The summed E-state index contributed by atoms with van der Waals surface area (Å²) in [6, 6.07) is 9.80. The zero-order chi connectivity index (χ0) is 16.7. The Hall–Kier alpha value is -2.51. The number of nitrogens with one attached hydrogen (secondary N) is 1. The fourth-order valence-corrected chi connectivity index (χ4v) is 2.09. The average molecular weight is 327 g/mol. The van der Waals surface area contributed by atoms with Crippen LogP contribution in [0.4, 0.5) is 22.0 Å². The molecule has 0 spiro atoms. The Bertz CT molecular complexity index is 788. The first-order valence-corrected chi connectivity index (χ1v) is 6.61. The third-order valence-corrected chi connectivity index (χ3v) is 3.31. The number of para-hydroxylation sites is 2. The Morgan fingerprint density at radius 3 is 2.30 bits per heavy atom. The second kappa shape index (κ2) is 5.29. The predicted molar refractivity (Wildman–Crippen MR) is 74.0 cm³/mol. The molecule has 0 bridgehead atoms. The summed E-state index contributed by atoms with van der Waals surface area (Å²) in [5, 5.41) is 0. The lowest BCUT2D eigenvalue weighted by Crippen LogP contribution is -2.38. The maximum absolute atomic E-state index is 13.0. The van der Waals surface area contributed by atoms with E-state index in [0.29, 0.717) is 11.4 Å². The van der Waals surface area contributed by atoms with Crippen molar-refractivity contribution in [1.29, 1.82) is 0 Å². The monoisotopic (exact) mass is 327 g/mol. The van der Waals surface area contributed by atoms with Crippen molar-refractivity contribution in [2.45, 2.75) is 18.5 Å². The van der Waals surface area contributed by atoms with Gasteiger partial charge in [-0.15, -0.1) is 0 Å². The minimum atomic E-state index is -5.59. The van der Waals surface area contributed by atoms with E-state index in [0.717, 1.165) is 17.1 Å². The summed E-state index contributed by atoms with van der Waals surface area (Å²) in [6.07, 6.45) is -5.86.